The fourth-order valence-electron chi connectivity index (χ4n) is 3.76. The van der Waals surface area contributed by atoms with Crippen molar-refractivity contribution in [1.29, 1.82) is 0 Å². The van der Waals surface area contributed by atoms with E-state index in [-0.39, 0.29) is 22.5 Å². The van der Waals surface area contributed by atoms with Crippen LogP contribution in [0.2, 0.25) is 0 Å². The van der Waals surface area contributed by atoms with Crippen molar-refractivity contribution in [2.45, 2.75) is 58.1 Å². The van der Waals surface area contributed by atoms with Crippen molar-refractivity contribution in [2.75, 3.05) is 5.32 Å². The molecule has 2 unspecified atom stereocenters. The number of aromatic nitrogens is 4. The molecule has 2 atom stereocenters. The highest BCUT2D eigenvalue weighted by Gasteiger charge is 2.35. The summed E-state index contributed by atoms with van der Waals surface area (Å²) in [7, 11) is 0. The molecule has 3 heterocycles. The predicted octanol–water partition coefficient (Wildman–Crippen LogP) is 4.54. The van der Waals surface area contributed by atoms with Gasteiger partial charge in [-0.2, -0.15) is 9.78 Å². The largest absolute Gasteiger partial charge is 0.491 e. The first-order valence-corrected chi connectivity index (χ1v) is 11.3. The first kappa shape index (κ1) is 21.4. The van der Waals surface area contributed by atoms with Crippen molar-refractivity contribution < 1.29 is 9.53 Å². The summed E-state index contributed by atoms with van der Waals surface area (Å²) in [6, 6.07) is 9.92. The van der Waals surface area contributed by atoms with Crippen molar-refractivity contribution in [3.8, 4) is 11.7 Å². The Hall–Kier alpha value is -2.87. The summed E-state index contributed by atoms with van der Waals surface area (Å²) in [4.78, 5) is 22.0. The Bertz CT molecular complexity index is 1120. The zero-order valence-electron chi connectivity index (χ0n) is 18.6. The van der Waals surface area contributed by atoms with Gasteiger partial charge in [0.15, 0.2) is 0 Å². The molecule has 2 aromatic heterocycles. The molecular formula is C23H27N5O2S. The smallest absolute Gasteiger partial charge is 0.252 e. The minimum absolute atomic E-state index is 0.0427. The maximum absolute atomic E-state index is 12.9. The van der Waals surface area contributed by atoms with E-state index in [1.807, 2.05) is 65.8 Å². The predicted molar refractivity (Wildman–Crippen MR) is 123 cm³/mol. The van der Waals surface area contributed by atoms with Crippen LogP contribution in [-0.4, -0.2) is 37.0 Å². The Kier molecular flexibility index (Phi) is 5.75. The van der Waals surface area contributed by atoms with Gasteiger partial charge in [-0.15, -0.1) is 11.8 Å². The average molecular weight is 438 g/mol. The number of aryl methyl sites for hydroxylation is 3. The standard InChI is InChI=1S/C23H27N5O2S/c1-12(2)30-18-10-8-7-9-17(18)20-19-15(5)27-28(21(19)26-22(29)16(6)31-20)23-24-13(3)11-14(4)25-23/h7-12,16,20H,1-6H3,(H,26,29). The number of carbonyl (C=O) groups excluding carboxylic acids is 1. The molecule has 162 valence electrons. The van der Waals surface area contributed by atoms with Gasteiger partial charge in [0.1, 0.15) is 11.6 Å². The normalized spacial score (nSPS) is 18.5. The van der Waals surface area contributed by atoms with Gasteiger partial charge in [-0.05, 0) is 53.7 Å². The van der Waals surface area contributed by atoms with Crippen LogP contribution < -0.4 is 10.1 Å². The molecular weight excluding hydrogens is 410 g/mol. The van der Waals surface area contributed by atoms with Crippen LogP contribution in [0, 0.1) is 20.8 Å². The second-order valence-corrected chi connectivity index (χ2v) is 9.51. The number of carbonyl (C=O) groups is 1. The molecule has 1 aromatic carbocycles. The number of benzene rings is 1. The lowest BCUT2D eigenvalue weighted by atomic mass is 10.0. The summed E-state index contributed by atoms with van der Waals surface area (Å²) >= 11 is 1.60. The Morgan fingerprint density at radius 3 is 2.48 bits per heavy atom. The molecule has 1 aliphatic heterocycles. The number of fused-ring (bicyclic) bond motifs is 1. The highest BCUT2D eigenvalue weighted by Crippen LogP contribution is 2.48. The first-order chi connectivity index (χ1) is 14.7. The van der Waals surface area contributed by atoms with E-state index < -0.39 is 0 Å². The molecule has 4 rings (SSSR count). The second kappa shape index (κ2) is 8.34. The molecule has 1 N–H and O–H groups in total. The minimum Gasteiger partial charge on any atom is -0.491 e. The average Bonchev–Trinajstić information content (AvgIpc) is 2.94. The van der Waals surface area contributed by atoms with E-state index in [2.05, 4.69) is 21.4 Å². The number of rotatable bonds is 4. The van der Waals surface area contributed by atoms with Crippen molar-refractivity contribution in [3.05, 3.63) is 58.5 Å². The third kappa shape index (κ3) is 4.17. The van der Waals surface area contributed by atoms with E-state index in [1.165, 1.54) is 0 Å². The molecule has 0 saturated heterocycles. The molecule has 31 heavy (non-hydrogen) atoms. The Balaban J connectivity index is 1.92. The van der Waals surface area contributed by atoms with Gasteiger partial charge in [-0.3, -0.25) is 4.79 Å². The number of nitrogens with one attached hydrogen (secondary N) is 1. The molecule has 1 aliphatic rings. The van der Waals surface area contributed by atoms with Crippen LogP contribution in [0.25, 0.3) is 5.95 Å². The van der Waals surface area contributed by atoms with E-state index in [4.69, 9.17) is 9.84 Å². The number of thioether (sulfide) groups is 1. The molecule has 0 bridgehead atoms. The molecule has 0 spiro atoms. The number of nitrogens with zero attached hydrogens (tertiary/aromatic N) is 4. The van der Waals surface area contributed by atoms with Gasteiger partial charge in [-0.25, -0.2) is 9.97 Å². The molecule has 0 radical (unpaired) electrons. The molecule has 3 aromatic rings. The van der Waals surface area contributed by atoms with Gasteiger partial charge in [0.25, 0.3) is 5.95 Å². The third-order valence-corrected chi connectivity index (χ3v) is 6.43. The fraction of sp³-hybridized carbons (Fsp3) is 0.391. The summed E-state index contributed by atoms with van der Waals surface area (Å²) in [5.74, 6) is 1.82. The summed E-state index contributed by atoms with van der Waals surface area (Å²) in [6.07, 6.45) is 0.0427. The fourth-order valence-corrected chi connectivity index (χ4v) is 5.11. The number of ether oxygens (including phenoxy) is 1. The van der Waals surface area contributed by atoms with Crippen molar-refractivity contribution in [3.63, 3.8) is 0 Å². The summed E-state index contributed by atoms with van der Waals surface area (Å²) in [5.41, 5.74) is 4.49. The van der Waals surface area contributed by atoms with Crippen molar-refractivity contribution in [1.82, 2.24) is 19.7 Å². The van der Waals surface area contributed by atoms with E-state index in [0.29, 0.717) is 11.8 Å². The Labute approximate surface area is 186 Å². The number of para-hydroxylation sites is 1. The van der Waals surface area contributed by atoms with Gasteiger partial charge >= 0.3 is 0 Å². The molecule has 0 saturated carbocycles. The monoisotopic (exact) mass is 437 g/mol. The van der Waals surface area contributed by atoms with Crippen LogP contribution >= 0.6 is 11.8 Å². The lowest BCUT2D eigenvalue weighted by Crippen LogP contribution is -2.23. The van der Waals surface area contributed by atoms with Crippen molar-refractivity contribution >= 4 is 23.5 Å². The van der Waals surface area contributed by atoms with Crippen LogP contribution in [-0.2, 0) is 4.79 Å². The molecule has 0 aliphatic carbocycles. The number of amides is 1. The highest BCUT2D eigenvalue weighted by atomic mass is 32.2. The second-order valence-electron chi connectivity index (χ2n) is 8.06. The van der Waals surface area contributed by atoms with Gasteiger partial charge < -0.3 is 10.1 Å². The van der Waals surface area contributed by atoms with Gasteiger partial charge in [0, 0.05) is 22.5 Å². The quantitative estimate of drug-likeness (QED) is 0.645. The summed E-state index contributed by atoms with van der Waals surface area (Å²) < 4.78 is 7.76. The van der Waals surface area contributed by atoms with E-state index in [1.54, 1.807) is 16.4 Å². The SMILES string of the molecule is Cc1cc(C)nc(-n2nc(C)c3c2NC(=O)C(C)SC3c2ccccc2OC(C)C)n1. The van der Waals surface area contributed by atoms with Crippen LogP contribution in [0.1, 0.15) is 54.2 Å². The summed E-state index contributed by atoms with van der Waals surface area (Å²) in [5, 5.41) is 7.44. The third-order valence-electron chi connectivity index (χ3n) is 5.04. The maximum Gasteiger partial charge on any atom is 0.252 e. The van der Waals surface area contributed by atoms with Crippen LogP contribution in [0.3, 0.4) is 0 Å². The van der Waals surface area contributed by atoms with Crippen molar-refractivity contribution in [2.24, 2.45) is 0 Å². The summed E-state index contributed by atoms with van der Waals surface area (Å²) in [6.45, 7) is 11.7. The van der Waals surface area contributed by atoms with Gasteiger partial charge in [0.05, 0.1) is 22.3 Å². The molecule has 1 amide bonds. The van der Waals surface area contributed by atoms with E-state index >= 15 is 0 Å². The Morgan fingerprint density at radius 1 is 1.13 bits per heavy atom. The maximum atomic E-state index is 12.9. The number of hydrogen-bond donors (Lipinski definition) is 1. The zero-order valence-corrected chi connectivity index (χ0v) is 19.4. The molecule has 0 fully saturated rings. The molecule has 7 nitrogen and oxygen atoms in total. The van der Waals surface area contributed by atoms with Crippen LogP contribution in [0.5, 0.6) is 5.75 Å². The Morgan fingerprint density at radius 2 is 1.81 bits per heavy atom. The van der Waals surface area contributed by atoms with E-state index in [9.17, 15) is 4.79 Å². The first-order valence-electron chi connectivity index (χ1n) is 10.4. The number of anilines is 1. The van der Waals surface area contributed by atoms with Crippen LogP contribution in [0.4, 0.5) is 5.82 Å². The van der Waals surface area contributed by atoms with Crippen LogP contribution in [0.15, 0.2) is 30.3 Å². The lowest BCUT2D eigenvalue weighted by molar-refractivity contribution is -0.115. The van der Waals surface area contributed by atoms with Gasteiger partial charge in [-0.1, -0.05) is 18.2 Å². The zero-order chi connectivity index (χ0) is 22.3. The lowest BCUT2D eigenvalue weighted by Gasteiger charge is -2.22. The van der Waals surface area contributed by atoms with E-state index in [0.717, 1.165) is 34.0 Å². The van der Waals surface area contributed by atoms with Gasteiger partial charge in [0.2, 0.25) is 5.91 Å². The number of hydrogen-bond acceptors (Lipinski definition) is 6. The minimum atomic E-state index is -0.252. The highest BCUT2D eigenvalue weighted by molar-refractivity contribution is 8.01. The molecule has 8 heteroatoms. The topological polar surface area (TPSA) is 81.9 Å².